The number of benzene rings is 2. The van der Waals surface area contributed by atoms with Crippen molar-refractivity contribution >= 4 is 11.6 Å². The zero-order chi connectivity index (χ0) is 14.2. The summed E-state index contributed by atoms with van der Waals surface area (Å²) in [5, 5.41) is -0.236. The molecule has 0 aliphatic heterocycles. The molecule has 2 aromatic rings. The second kappa shape index (κ2) is 5.34. The van der Waals surface area contributed by atoms with Crippen molar-refractivity contribution in [3.8, 4) is 0 Å². The van der Waals surface area contributed by atoms with Gasteiger partial charge in [0.1, 0.15) is 5.82 Å². The highest BCUT2D eigenvalue weighted by atomic mass is 35.5. The topological polar surface area (TPSA) is 0 Å². The monoisotopic (exact) mass is 276 g/mol. The molecular formula is C17H18ClF. The molecule has 2 aromatic carbocycles. The molecule has 0 nitrogen and oxygen atoms in total. The molecule has 0 saturated heterocycles. The van der Waals surface area contributed by atoms with Crippen molar-refractivity contribution in [2.75, 3.05) is 0 Å². The predicted octanol–water partition coefficient (Wildman–Crippen LogP) is 5.39. The lowest BCUT2D eigenvalue weighted by Crippen LogP contribution is -2.01. The molecule has 1 unspecified atom stereocenters. The van der Waals surface area contributed by atoms with Gasteiger partial charge < -0.3 is 0 Å². The molecule has 100 valence electrons. The fraction of sp³-hybridized carbons (Fsp3) is 0.294. The van der Waals surface area contributed by atoms with Gasteiger partial charge in [-0.05, 0) is 73.2 Å². The Morgan fingerprint density at radius 1 is 0.842 bits per heavy atom. The van der Waals surface area contributed by atoms with Crippen LogP contribution in [0.2, 0.25) is 0 Å². The van der Waals surface area contributed by atoms with E-state index in [4.69, 9.17) is 11.6 Å². The Kier molecular flexibility index (Phi) is 3.96. The summed E-state index contributed by atoms with van der Waals surface area (Å²) >= 11 is 6.60. The van der Waals surface area contributed by atoms with E-state index >= 15 is 0 Å². The zero-order valence-corrected chi connectivity index (χ0v) is 12.5. The summed E-state index contributed by atoms with van der Waals surface area (Å²) in [6.45, 7) is 7.97. The van der Waals surface area contributed by atoms with Gasteiger partial charge in [0.05, 0.1) is 5.38 Å². The van der Waals surface area contributed by atoms with Gasteiger partial charge in [-0.2, -0.15) is 0 Å². The number of aryl methyl sites for hydroxylation is 4. The van der Waals surface area contributed by atoms with Gasteiger partial charge >= 0.3 is 0 Å². The van der Waals surface area contributed by atoms with Crippen LogP contribution in [-0.2, 0) is 0 Å². The average molecular weight is 277 g/mol. The molecule has 0 saturated carbocycles. The van der Waals surface area contributed by atoms with Crippen LogP contribution in [0.4, 0.5) is 4.39 Å². The largest absolute Gasteiger partial charge is 0.207 e. The van der Waals surface area contributed by atoms with Crippen LogP contribution in [0.15, 0.2) is 30.3 Å². The fourth-order valence-corrected chi connectivity index (χ4v) is 2.89. The van der Waals surface area contributed by atoms with Gasteiger partial charge in [0.15, 0.2) is 0 Å². The number of halogens is 2. The Morgan fingerprint density at radius 3 is 1.95 bits per heavy atom. The maximum absolute atomic E-state index is 13.3. The smallest absolute Gasteiger partial charge is 0.123 e. The minimum Gasteiger partial charge on any atom is -0.207 e. The van der Waals surface area contributed by atoms with Gasteiger partial charge in [0.2, 0.25) is 0 Å². The Balaban J connectivity index is 2.49. The van der Waals surface area contributed by atoms with E-state index in [1.54, 1.807) is 12.1 Å². The molecule has 1 atom stereocenters. The van der Waals surface area contributed by atoms with E-state index in [1.807, 2.05) is 19.9 Å². The lowest BCUT2D eigenvalue weighted by molar-refractivity contribution is 0.624. The van der Waals surface area contributed by atoms with E-state index in [2.05, 4.69) is 26.0 Å². The molecule has 0 bridgehead atoms. The predicted molar refractivity (Wildman–Crippen MR) is 79.5 cm³/mol. The molecule has 0 radical (unpaired) electrons. The lowest BCUT2D eigenvalue weighted by Gasteiger charge is -2.17. The van der Waals surface area contributed by atoms with E-state index in [1.165, 1.54) is 11.1 Å². The van der Waals surface area contributed by atoms with Crippen LogP contribution in [-0.4, -0.2) is 0 Å². The minimum absolute atomic E-state index is 0.206. The number of hydrogen-bond acceptors (Lipinski definition) is 0. The second-order valence-corrected chi connectivity index (χ2v) is 5.60. The minimum atomic E-state index is -0.236. The first kappa shape index (κ1) is 14.1. The Bertz CT molecular complexity index is 594. The molecule has 0 aromatic heterocycles. The highest BCUT2D eigenvalue weighted by Crippen LogP contribution is 2.34. The maximum Gasteiger partial charge on any atom is 0.123 e. The summed E-state index contributed by atoms with van der Waals surface area (Å²) in [4.78, 5) is 0. The highest BCUT2D eigenvalue weighted by Gasteiger charge is 2.17. The normalized spacial score (nSPS) is 12.5. The first-order chi connectivity index (χ1) is 8.90. The van der Waals surface area contributed by atoms with E-state index < -0.39 is 0 Å². The summed E-state index contributed by atoms with van der Waals surface area (Å²) in [5.74, 6) is -0.206. The Hall–Kier alpha value is -1.34. The molecule has 0 aliphatic carbocycles. The molecule has 0 amide bonds. The quantitative estimate of drug-likeness (QED) is 0.645. The third-order valence-electron chi connectivity index (χ3n) is 3.64. The highest BCUT2D eigenvalue weighted by molar-refractivity contribution is 6.22. The van der Waals surface area contributed by atoms with E-state index in [0.717, 1.165) is 22.3 Å². The number of hydrogen-bond donors (Lipinski definition) is 0. The van der Waals surface area contributed by atoms with Gasteiger partial charge in [0, 0.05) is 0 Å². The van der Waals surface area contributed by atoms with Gasteiger partial charge in [-0.3, -0.25) is 0 Å². The summed E-state index contributed by atoms with van der Waals surface area (Å²) in [7, 11) is 0. The van der Waals surface area contributed by atoms with E-state index in [0.29, 0.717) is 0 Å². The van der Waals surface area contributed by atoms with Crippen LogP contribution in [0, 0.1) is 33.5 Å². The number of rotatable bonds is 2. The lowest BCUT2D eigenvalue weighted by atomic mass is 9.94. The molecule has 2 rings (SSSR count). The molecule has 0 spiro atoms. The molecule has 0 fully saturated rings. The van der Waals surface area contributed by atoms with Crippen LogP contribution < -0.4 is 0 Å². The van der Waals surface area contributed by atoms with Crippen molar-refractivity contribution in [3.05, 3.63) is 69.5 Å². The average Bonchev–Trinajstić information content (AvgIpc) is 2.31. The fourth-order valence-electron chi connectivity index (χ4n) is 2.41. The van der Waals surface area contributed by atoms with E-state index in [9.17, 15) is 4.39 Å². The standard InChI is InChI=1S/C17H18ClF/c1-10-5-6-14(7-11(10)2)17(18)16-12(3)8-15(19)9-13(16)4/h5-9,17H,1-4H3. The molecule has 0 aliphatic rings. The van der Waals surface area contributed by atoms with Gasteiger partial charge in [0.25, 0.3) is 0 Å². The Labute approximate surface area is 119 Å². The maximum atomic E-state index is 13.3. The Morgan fingerprint density at radius 2 is 1.42 bits per heavy atom. The molecule has 2 heteroatoms. The van der Waals surface area contributed by atoms with Crippen molar-refractivity contribution < 1.29 is 4.39 Å². The summed E-state index contributed by atoms with van der Waals surface area (Å²) in [6, 6.07) is 9.31. The molecule has 19 heavy (non-hydrogen) atoms. The first-order valence-corrected chi connectivity index (χ1v) is 6.81. The summed E-state index contributed by atoms with van der Waals surface area (Å²) in [5.41, 5.74) is 6.33. The summed E-state index contributed by atoms with van der Waals surface area (Å²) in [6.07, 6.45) is 0. The third kappa shape index (κ3) is 2.82. The SMILES string of the molecule is Cc1ccc(C(Cl)c2c(C)cc(F)cc2C)cc1C. The molecular weight excluding hydrogens is 259 g/mol. The zero-order valence-electron chi connectivity index (χ0n) is 11.7. The summed E-state index contributed by atoms with van der Waals surface area (Å²) < 4.78 is 13.3. The van der Waals surface area contributed by atoms with Gasteiger partial charge in [-0.1, -0.05) is 18.2 Å². The van der Waals surface area contributed by atoms with Crippen molar-refractivity contribution in [2.24, 2.45) is 0 Å². The van der Waals surface area contributed by atoms with Crippen molar-refractivity contribution in [1.29, 1.82) is 0 Å². The number of alkyl halides is 1. The third-order valence-corrected chi connectivity index (χ3v) is 4.11. The van der Waals surface area contributed by atoms with E-state index in [-0.39, 0.29) is 11.2 Å². The molecule has 0 heterocycles. The van der Waals surface area contributed by atoms with Crippen LogP contribution in [0.5, 0.6) is 0 Å². The van der Waals surface area contributed by atoms with Gasteiger partial charge in [-0.15, -0.1) is 11.6 Å². The molecule has 0 N–H and O–H groups in total. The van der Waals surface area contributed by atoms with Crippen LogP contribution in [0.1, 0.15) is 38.8 Å². The van der Waals surface area contributed by atoms with Crippen molar-refractivity contribution in [2.45, 2.75) is 33.1 Å². The van der Waals surface area contributed by atoms with Crippen LogP contribution >= 0.6 is 11.6 Å². The second-order valence-electron chi connectivity index (χ2n) is 5.16. The van der Waals surface area contributed by atoms with Crippen molar-refractivity contribution in [1.82, 2.24) is 0 Å². The first-order valence-electron chi connectivity index (χ1n) is 6.38. The van der Waals surface area contributed by atoms with Gasteiger partial charge in [-0.25, -0.2) is 4.39 Å². The van der Waals surface area contributed by atoms with Crippen LogP contribution in [0.25, 0.3) is 0 Å². The van der Waals surface area contributed by atoms with Crippen LogP contribution in [0.3, 0.4) is 0 Å². The van der Waals surface area contributed by atoms with Crippen molar-refractivity contribution in [3.63, 3.8) is 0 Å².